The van der Waals surface area contributed by atoms with Crippen molar-refractivity contribution in [2.45, 2.75) is 32.3 Å². The maximum atomic E-state index is 12.8. The van der Waals surface area contributed by atoms with Gasteiger partial charge in [0.1, 0.15) is 0 Å². The van der Waals surface area contributed by atoms with Gasteiger partial charge in [-0.3, -0.25) is 4.79 Å². The molecule has 0 radical (unpaired) electrons. The van der Waals surface area contributed by atoms with E-state index < -0.39 is 0 Å². The van der Waals surface area contributed by atoms with Crippen LogP contribution in [0.2, 0.25) is 0 Å². The van der Waals surface area contributed by atoms with Crippen molar-refractivity contribution in [3.63, 3.8) is 0 Å². The molecule has 1 aliphatic heterocycles. The van der Waals surface area contributed by atoms with Gasteiger partial charge in [-0.15, -0.1) is 5.10 Å². The van der Waals surface area contributed by atoms with Crippen molar-refractivity contribution in [1.29, 1.82) is 0 Å². The standard InChI is InChI=1S/C22H29N7OS/c1-14-12-17(6-7-19(14)28-10-8-27(4)9-11-28)24-20(30)13-18-15(2)23-21-25-22(31-5)26-29(21)16(18)3/h6-7,12H,8-11,13H2,1-5H3,(H,24,30). The second kappa shape index (κ2) is 8.84. The zero-order valence-corrected chi connectivity index (χ0v) is 19.6. The molecule has 0 bridgehead atoms. The first kappa shape index (κ1) is 21.6. The molecule has 0 atom stereocenters. The number of thioether (sulfide) groups is 1. The average Bonchev–Trinajstić information content (AvgIpc) is 3.15. The van der Waals surface area contributed by atoms with Crippen molar-refractivity contribution in [3.8, 4) is 0 Å². The van der Waals surface area contributed by atoms with Crippen LogP contribution in [0.3, 0.4) is 0 Å². The number of aromatic nitrogens is 4. The number of carbonyl (C=O) groups is 1. The molecule has 31 heavy (non-hydrogen) atoms. The molecule has 0 unspecified atom stereocenters. The van der Waals surface area contributed by atoms with Crippen LogP contribution in [-0.4, -0.2) is 69.9 Å². The lowest BCUT2D eigenvalue weighted by Crippen LogP contribution is -2.44. The fraction of sp³-hybridized carbons (Fsp3) is 0.455. The third kappa shape index (κ3) is 4.52. The van der Waals surface area contributed by atoms with Crippen molar-refractivity contribution >= 4 is 34.8 Å². The normalized spacial score (nSPS) is 14.9. The van der Waals surface area contributed by atoms with Crippen LogP contribution in [0.4, 0.5) is 11.4 Å². The number of nitrogens with one attached hydrogen (secondary N) is 1. The molecule has 4 rings (SSSR count). The van der Waals surface area contributed by atoms with Gasteiger partial charge in [0.25, 0.3) is 5.78 Å². The Labute approximate surface area is 187 Å². The van der Waals surface area contributed by atoms with Crippen molar-refractivity contribution in [2.24, 2.45) is 0 Å². The van der Waals surface area contributed by atoms with Crippen LogP contribution < -0.4 is 10.2 Å². The second-order valence-electron chi connectivity index (χ2n) is 8.09. The lowest BCUT2D eigenvalue weighted by molar-refractivity contribution is -0.115. The number of amides is 1. The summed E-state index contributed by atoms with van der Waals surface area (Å²) < 4.78 is 1.72. The first-order chi connectivity index (χ1) is 14.9. The molecule has 1 N–H and O–H groups in total. The maximum Gasteiger partial charge on any atom is 0.253 e. The Hall–Kier alpha value is -2.65. The van der Waals surface area contributed by atoms with E-state index >= 15 is 0 Å². The molecule has 0 spiro atoms. The van der Waals surface area contributed by atoms with Gasteiger partial charge in [0.2, 0.25) is 11.1 Å². The fourth-order valence-electron chi connectivity index (χ4n) is 4.03. The van der Waals surface area contributed by atoms with Crippen LogP contribution in [-0.2, 0) is 11.2 Å². The highest BCUT2D eigenvalue weighted by molar-refractivity contribution is 7.98. The molecular weight excluding hydrogens is 410 g/mol. The quantitative estimate of drug-likeness (QED) is 0.613. The molecule has 164 valence electrons. The first-order valence-electron chi connectivity index (χ1n) is 10.5. The van der Waals surface area contributed by atoms with Gasteiger partial charge >= 0.3 is 0 Å². The minimum absolute atomic E-state index is 0.0655. The van der Waals surface area contributed by atoms with E-state index in [2.05, 4.69) is 56.3 Å². The third-order valence-corrected chi connectivity index (χ3v) is 6.41. The summed E-state index contributed by atoms with van der Waals surface area (Å²) in [6.45, 7) is 10.2. The summed E-state index contributed by atoms with van der Waals surface area (Å²) in [5.74, 6) is 0.503. The molecule has 3 heterocycles. The van der Waals surface area contributed by atoms with Crippen LogP contribution >= 0.6 is 11.8 Å². The third-order valence-electron chi connectivity index (χ3n) is 5.87. The van der Waals surface area contributed by atoms with Crippen LogP contribution in [0.15, 0.2) is 23.4 Å². The molecule has 0 saturated carbocycles. The topological polar surface area (TPSA) is 78.7 Å². The van der Waals surface area contributed by atoms with Crippen molar-refractivity contribution in [3.05, 3.63) is 40.7 Å². The highest BCUT2D eigenvalue weighted by Gasteiger charge is 2.18. The van der Waals surface area contributed by atoms with Crippen LogP contribution in [0.5, 0.6) is 0 Å². The number of hydrogen-bond acceptors (Lipinski definition) is 7. The summed E-state index contributed by atoms with van der Waals surface area (Å²) in [6.07, 6.45) is 2.18. The minimum atomic E-state index is -0.0655. The lowest BCUT2D eigenvalue weighted by Gasteiger charge is -2.35. The number of hydrogen-bond donors (Lipinski definition) is 1. The number of anilines is 2. The summed E-state index contributed by atoms with van der Waals surface area (Å²) >= 11 is 1.48. The average molecular weight is 440 g/mol. The monoisotopic (exact) mass is 439 g/mol. The fourth-order valence-corrected chi connectivity index (χ4v) is 4.37. The van der Waals surface area contributed by atoms with Crippen LogP contribution in [0.25, 0.3) is 5.78 Å². The van der Waals surface area contributed by atoms with E-state index in [1.54, 1.807) is 4.52 Å². The first-order valence-corrected chi connectivity index (χ1v) is 11.7. The van der Waals surface area contributed by atoms with E-state index in [4.69, 9.17) is 0 Å². The molecular formula is C22H29N7OS. The number of benzene rings is 1. The zero-order valence-electron chi connectivity index (χ0n) is 18.8. The predicted molar refractivity (Wildman–Crippen MR) is 125 cm³/mol. The SMILES string of the molecule is CSc1nc2nc(C)c(CC(=O)Nc3ccc(N4CCN(C)CC4)c(C)c3)c(C)n2n1. The van der Waals surface area contributed by atoms with E-state index in [1.807, 2.05) is 26.2 Å². The molecule has 3 aromatic rings. The van der Waals surface area contributed by atoms with E-state index in [9.17, 15) is 4.79 Å². The summed E-state index contributed by atoms with van der Waals surface area (Å²) in [5.41, 5.74) is 5.81. The highest BCUT2D eigenvalue weighted by atomic mass is 32.2. The number of aryl methyl sites for hydroxylation is 3. The minimum Gasteiger partial charge on any atom is -0.369 e. The molecule has 1 fully saturated rings. The summed E-state index contributed by atoms with van der Waals surface area (Å²) in [6, 6.07) is 6.15. The van der Waals surface area contributed by atoms with Crippen LogP contribution in [0.1, 0.15) is 22.5 Å². The van der Waals surface area contributed by atoms with E-state index in [0.29, 0.717) is 10.9 Å². The summed E-state index contributed by atoms with van der Waals surface area (Å²) in [5, 5.41) is 8.18. The predicted octanol–water partition coefficient (Wildman–Crippen LogP) is 2.70. The van der Waals surface area contributed by atoms with Gasteiger partial charge in [-0.1, -0.05) is 11.8 Å². The van der Waals surface area contributed by atoms with E-state index in [-0.39, 0.29) is 12.3 Å². The highest BCUT2D eigenvalue weighted by Crippen LogP contribution is 2.25. The Bertz CT molecular complexity index is 1120. The van der Waals surface area contributed by atoms with Gasteiger partial charge < -0.3 is 15.1 Å². The molecule has 1 aromatic carbocycles. The molecule has 0 aliphatic carbocycles. The number of piperazine rings is 1. The van der Waals surface area contributed by atoms with Gasteiger partial charge in [0.05, 0.1) is 6.42 Å². The number of rotatable bonds is 5. The lowest BCUT2D eigenvalue weighted by atomic mass is 10.1. The Balaban J connectivity index is 1.48. The number of fused-ring (bicyclic) bond motifs is 1. The van der Waals surface area contributed by atoms with Gasteiger partial charge in [0.15, 0.2) is 0 Å². The molecule has 1 saturated heterocycles. The molecule has 8 nitrogen and oxygen atoms in total. The maximum absolute atomic E-state index is 12.8. The Morgan fingerprint density at radius 3 is 2.55 bits per heavy atom. The Morgan fingerprint density at radius 2 is 1.87 bits per heavy atom. The van der Waals surface area contributed by atoms with Gasteiger partial charge in [-0.2, -0.15) is 4.98 Å². The number of nitrogens with zero attached hydrogens (tertiary/aromatic N) is 6. The Morgan fingerprint density at radius 1 is 1.13 bits per heavy atom. The largest absolute Gasteiger partial charge is 0.369 e. The smallest absolute Gasteiger partial charge is 0.253 e. The van der Waals surface area contributed by atoms with E-state index in [0.717, 1.165) is 48.8 Å². The van der Waals surface area contributed by atoms with Crippen molar-refractivity contribution in [2.75, 3.05) is 49.7 Å². The molecule has 9 heteroatoms. The summed E-state index contributed by atoms with van der Waals surface area (Å²) in [4.78, 5) is 26.5. The molecule has 2 aromatic heterocycles. The zero-order chi connectivity index (χ0) is 22.1. The molecule has 1 amide bonds. The van der Waals surface area contributed by atoms with Gasteiger partial charge in [-0.05, 0) is 57.8 Å². The van der Waals surface area contributed by atoms with Gasteiger partial charge in [-0.25, -0.2) is 9.50 Å². The van der Waals surface area contributed by atoms with Crippen molar-refractivity contribution < 1.29 is 4.79 Å². The van der Waals surface area contributed by atoms with E-state index in [1.165, 1.54) is 23.0 Å². The molecule has 1 aliphatic rings. The Kier molecular flexibility index (Phi) is 6.15. The number of carbonyl (C=O) groups excluding carboxylic acids is 1. The second-order valence-corrected chi connectivity index (χ2v) is 8.86. The van der Waals surface area contributed by atoms with Crippen LogP contribution in [0, 0.1) is 20.8 Å². The van der Waals surface area contributed by atoms with Gasteiger partial charge in [0, 0.05) is 54.5 Å². The summed E-state index contributed by atoms with van der Waals surface area (Å²) in [7, 11) is 2.16. The van der Waals surface area contributed by atoms with Crippen molar-refractivity contribution in [1.82, 2.24) is 24.5 Å². The number of likely N-dealkylation sites (N-methyl/N-ethyl adjacent to an activating group) is 1.